The minimum atomic E-state index is 0.394. The van der Waals surface area contributed by atoms with E-state index >= 15 is 0 Å². The van der Waals surface area contributed by atoms with Gasteiger partial charge in [-0.3, -0.25) is 4.79 Å². The van der Waals surface area contributed by atoms with E-state index in [2.05, 4.69) is 0 Å². The molecule has 0 atom stereocenters. The summed E-state index contributed by atoms with van der Waals surface area (Å²) in [5.41, 5.74) is 0. The molecule has 0 unspecified atom stereocenters. The van der Waals surface area contributed by atoms with Crippen LogP contribution >= 0.6 is 0 Å². The van der Waals surface area contributed by atoms with Crippen LogP contribution in [0.3, 0.4) is 0 Å². The fourth-order valence-electron chi connectivity index (χ4n) is 5.39. The third-order valence-corrected chi connectivity index (χ3v) is 7.28. The minimum Gasteiger partial charge on any atom is -0.299 e. The van der Waals surface area contributed by atoms with Gasteiger partial charge in [-0.05, 0) is 18.8 Å². The SMILES string of the molecule is O=C(CC1CCCCCCCCCCC1)C1CCCCCCCCCCC1. The first-order valence-electron chi connectivity index (χ1n) is 12.9. The summed E-state index contributed by atoms with van der Waals surface area (Å²) < 4.78 is 0. The van der Waals surface area contributed by atoms with Crippen molar-refractivity contribution in [3.63, 3.8) is 0 Å². The highest BCUT2D eigenvalue weighted by Gasteiger charge is 2.22. The first-order chi connectivity index (χ1) is 13.4. The highest BCUT2D eigenvalue weighted by atomic mass is 16.1. The predicted molar refractivity (Wildman–Crippen MR) is 118 cm³/mol. The van der Waals surface area contributed by atoms with E-state index in [1.54, 1.807) is 0 Å². The Labute approximate surface area is 170 Å². The second-order valence-corrected chi connectivity index (χ2v) is 9.75. The standard InChI is InChI=1S/C26H48O/c27-26(25-21-17-13-9-5-2-6-10-14-18-22-25)23-24-19-15-11-7-3-1-4-8-12-16-20-24/h24-25H,1-23H2. The zero-order valence-electron chi connectivity index (χ0n) is 18.3. The van der Waals surface area contributed by atoms with Crippen LogP contribution in [-0.4, -0.2) is 5.78 Å². The summed E-state index contributed by atoms with van der Waals surface area (Å²) in [6, 6.07) is 0. The van der Waals surface area contributed by atoms with Crippen molar-refractivity contribution in [2.45, 2.75) is 148 Å². The van der Waals surface area contributed by atoms with E-state index in [9.17, 15) is 4.79 Å². The van der Waals surface area contributed by atoms with Gasteiger partial charge in [0.1, 0.15) is 5.78 Å². The van der Waals surface area contributed by atoms with Gasteiger partial charge in [-0.2, -0.15) is 0 Å². The molecule has 2 rings (SSSR count). The smallest absolute Gasteiger partial charge is 0.136 e. The summed E-state index contributed by atoms with van der Waals surface area (Å²) in [4.78, 5) is 13.2. The van der Waals surface area contributed by atoms with Crippen molar-refractivity contribution in [1.29, 1.82) is 0 Å². The number of hydrogen-bond donors (Lipinski definition) is 0. The quantitative estimate of drug-likeness (QED) is 0.481. The summed E-state index contributed by atoms with van der Waals surface area (Å²) in [5, 5.41) is 0. The Morgan fingerprint density at radius 1 is 0.444 bits per heavy atom. The van der Waals surface area contributed by atoms with Gasteiger partial charge in [-0.1, -0.05) is 128 Å². The largest absolute Gasteiger partial charge is 0.299 e. The van der Waals surface area contributed by atoms with Crippen molar-refractivity contribution in [3.8, 4) is 0 Å². The maximum absolute atomic E-state index is 13.2. The average molecular weight is 377 g/mol. The Morgan fingerprint density at radius 3 is 1.11 bits per heavy atom. The lowest BCUT2D eigenvalue weighted by Crippen LogP contribution is -2.19. The molecule has 158 valence electrons. The van der Waals surface area contributed by atoms with E-state index < -0.39 is 0 Å². The molecular formula is C26H48O. The number of carbonyl (C=O) groups excluding carboxylic acids is 1. The lowest BCUT2D eigenvalue weighted by Gasteiger charge is -2.22. The van der Waals surface area contributed by atoms with E-state index in [0.29, 0.717) is 17.6 Å². The molecule has 1 heteroatoms. The molecule has 0 bridgehead atoms. The minimum absolute atomic E-state index is 0.394. The molecule has 0 N–H and O–H groups in total. The third-order valence-electron chi connectivity index (χ3n) is 7.28. The van der Waals surface area contributed by atoms with Crippen LogP contribution in [0.25, 0.3) is 0 Å². The molecular weight excluding hydrogens is 328 g/mol. The lowest BCUT2D eigenvalue weighted by atomic mass is 9.83. The van der Waals surface area contributed by atoms with Gasteiger partial charge in [0.2, 0.25) is 0 Å². The van der Waals surface area contributed by atoms with Crippen LogP contribution in [-0.2, 0) is 4.79 Å². The fraction of sp³-hybridized carbons (Fsp3) is 0.962. The number of Topliss-reactive ketones (excluding diaryl/α,β-unsaturated/α-hetero) is 1. The fourth-order valence-corrected chi connectivity index (χ4v) is 5.39. The maximum Gasteiger partial charge on any atom is 0.136 e. The van der Waals surface area contributed by atoms with Gasteiger partial charge in [-0.15, -0.1) is 0 Å². The molecule has 0 radical (unpaired) electrons. The van der Waals surface area contributed by atoms with Crippen LogP contribution in [0.15, 0.2) is 0 Å². The summed E-state index contributed by atoms with van der Waals surface area (Å²) in [7, 11) is 0. The van der Waals surface area contributed by atoms with Crippen LogP contribution in [0.2, 0.25) is 0 Å². The Bertz CT molecular complexity index is 337. The van der Waals surface area contributed by atoms with Crippen molar-refractivity contribution in [2.75, 3.05) is 0 Å². The van der Waals surface area contributed by atoms with E-state index in [0.717, 1.165) is 6.42 Å². The molecule has 0 saturated heterocycles. The van der Waals surface area contributed by atoms with Crippen LogP contribution in [0, 0.1) is 11.8 Å². The highest BCUT2D eigenvalue weighted by molar-refractivity contribution is 5.81. The zero-order valence-corrected chi connectivity index (χ0v) is 18.3. The summed E-state index contributed by atoms with van der Waals surface area (Å²) in [6.07, 6.45) is 30.9. The third kappa shape index (κ3) is 11.3. The van der Waals surface area contributed by atoms with E-state index in [1.165, 1.54) is 141 Å². The molecule has 2 fully saturated rings. The topological polar surface area (TPSA) is 17.1 Å². The second-order valence-electron chi connectivity index (χ2n) is 9.75. The molecule has 0 aromatic rings. The number of ketones is 1. The number of rotatable bonds is 3. The van der Waals surface area contributed by atoms with Crippen LogP contribution < -0.4 is 0 Å². The molecule has 0 amide bonds. The molecule has 0 aromatic carbocycles. The van der Waals surface area contributed by atoms with Gasteiger partial charge in [0.05, 0.1) is 0 Å². The molecule has 2 aliphatic carbocycles. The molecule has 0 spiro atoms. The van der Waals surface area contributed by atoms with Crippen LogP contribution in [0.4, 0.5) is 0 Å². The van der Waals surface area contributed by atoms with E-state index in [-0.39, 0.29) is 0 Å². The van der Waals surface area contributed by atoms with Crippen molar-refractivity contribution >= 4 is 5.78 Å². The Hall–Kier alpha value is -0.330. The van der Waals surface area contributed by atoms with Gasteiger partial charge >= 0.3 is 0 Å². The summed E-state index contributed by atoms with van der Waals surface area (Å²) in [5.74, 6) is 1.73. The van der Waals surface area contributed by atoms with Gasteiger partial charge in [0.15, 0.2) is 0 Å². The van der Waals surface area contributed by atoms with Crippen molar-refractivity contribution < 1.29 is 4.79 Å². The molecule has 27 heavy (non-hydrogen) atoms. The van der Waals surface area contributed by atoms with Gasteiger partial charge in [-0.25, -0.2) is 0 Å². The van der Waals surface area contributed by atoms with Gasteiger partial charge in [0.25, 0.3) is 0 Å². The Balaban J connectivity index is 1.79. The molecule has 1 nitrogen and oxygen atoms in total. The van der Waals surface area contributed by atoms with Crippen molar-refractivity contribution in [3.05, 3.63) is 0 Å². The Morgan fingerprint density at radius 2 is 0.741 bits per heavy atom. The lowest BCUT2D eigenvalue weighted by molar-refractivity contribution is -0.124. The first-order valence-corrected chi connectivity index (χ1v) is 12.9. The van der Waals surface area contributed by atoms with Gasteiger partial charge in [0, 0.05) is 12.3 Å². The number of carbonyl (C=O) groups is 1. The van der Waals surface area contributed by atoms with Crippen LogP contribution in [0.1, 0.15) is 148 Å². The average Bonchev–Trinajstić information content (AvgIpc) is 2.64. The van der Waals surface area contributed by atoms with Crippen LogP contribution in [0.5, 0.6) is 0 Å². The zero-order chi connectivity index (χ0) is 19.0. The van der Waals surface area contributed by atoms with E-state index in [1.807, 2.05) is 0 Å². The number of hydrogen-bond acceptors (Lipinski definition) is 1. The first kappa shape index (κ1) is 23.0. The highest BCUT2D eigenvalue weighted by Crippen LogP contribution is 2.28. The normalized spacial score (nSPS) is 24.7. The molecule has 2 saturated carbocycles. The van der Waals surface area contributed by atoms with Gasteiger partial charge < -0.3 is 0 Å². The summed E-state index contributed by atoms with van der Waals surface area (Å²) in [6.45, 7) is 0. The van der Waals surface area contributed by atoms with E-state index in [4.69, 9.17) is 0 Å². The van der Waals surface area contributed by atoms with Crippen molar-refractivity contribution in [2.24, 2.45) is 11.8 Å². The Kier molecular flexibility index (Phi) is 13.2. The summed E-state index contributed by atoms with van der Waals surface area (Å²) >= 11 is 0. The maximum atomic E-state index is 13.2. The molecule has 0 aromatic heterocycles. The molecule has 2 aliphatic rings. The molecule has 0 heterocycles. The van der Waals surface area contributed by atoms with Crippen molar-refractivity contribution in [1.82, 2.24) is 0 Å². The predicted octanol–water partition coefficient (Wildman–Crippen LogP) is 8.79. The molecule has 0 aliphatic heterocycles. The second kappa shape index (κ2) is 15.6. The monoisotopic (exact) mass is 376 g/mol.